The molecular weight excluding hydrogens is 364 g/mol. The summed E-state index contributed by atoms with van der Waals surface area (Å²) < 4.78 is 16.5. The smallest absolute Gasteiger partial charge is 0.203 e. The van der Waals surface area contributed by atoms with Gasteiger partial charge in [0.15, 0.2) is 17.5 Å². The Morgan fingerprint density at radius 2 is 1.74 bits per heavy atom. The molecule has 0 fully saturated rings. The van der Waals surface area contributed by atoms with Crippen molar-refractivity contribution in [2.75, 3.05) is 27.9 Å². The van der Waals surface area contributed by atoms with Gasteiger partial charge in [0, 0.05) is 18.5 Å². The lowest BCUT2D eigenvalue weighted by atomic mass is 10.2. The third kappa shape index (κ3) is 5.50. The summed E-state index contributed by atoms with van der Waals surface area (Å²) in [7, 11) is 4.99. The van der Waals surface area contributed by atoms with Crippen molar-refractivity contribution < 1.29 is 14.2 Å². The second-order valence-corrected chi connectivity index (χ2v) is 7.07. The van der Waals surface area contributed by atoms with Gasteiger partial charge in [-0.1, -0.05) is 0 Å². The lowest BCUT2D eigenvalue weighted by Gasteiger charge is -2.16. The number of nitrogens with zero attached hydrogens (tertiary/aromatic N) is 2. The number of nitrogens with one attached hydrogen (secondary N) is 2. The van der Waals surface area contributed by atoms with Crippen molar-refractivity contribution in [3.63, 3.8) is 0 Å². The van der Waals surface area contributed by atoms with E-state index < -0.39 is 0 Å². The number of hydrogen-bond donors (Lipinski definition) is 2. The zero-order valence-electron chi connectivity index (χ0n) is 16.8. The van der Waals surface area contributed by atoms with Crippen molar-refractivity contribution in [1.29, 1.82) is 0 Å². The third-order valence-electron chi connectivity index (χ3n) is 3.91. The van der Waals surface area contributed by atoms with E-state index in [0.717, 1.165) is 16.3 Å². The van der Waals surface area contributed by atoms with Crippen LogP contribution in [0.25, 0.3) is 0 Å². The Labute approximate surface area is 164 Å². The van der Waals surface area contributed by atoms with E-state index in [0.29, 0.717) is 42.9 Å². The normalized spacial score (nSPS) is 11.3. The fourth-order valence-corrected chi connectivity index (χ4v) is 3.51. The van der Waals surface area contributed by atoms with E-state index in [1.807, 2.05) is 32.9 Å². The number of thiazole rings is 1. The maximum Gasteiger partial charge on any atom is 0.203 e. The lowest BCUT2D eigenvalue weighted by molar-refractivity contribution is 0.288. The van der Waals surface area contributed by atoms with Gasteiger partial charge in [-0.05, 0) is 38.5 Å². The average Bonchev–Trinajstić information content (AvgIpc) is 2.99. The van der Waals surface area contributed by atoms with E-state index in [2.05, 4.69) is 20.6 Å². The van der Waals surface area contributed by atoms with Crippen molar-refractivity contribution in [2.24, 2.45) is 4.99 Å². The quantitative estimate of drug-likeness (QED) is 0.531. The molecular formula is C19H28N4O3S. The Bertz CT molecular complexity index is 764. The van der Waals surface area contributed by atoms with Crippen molar-refractivity contribution >= 4 is 17.3 Å². The number of benzene rings is 1. The van der Waals surface area contributed by atoms with Crippen molar-refractivity contribution in [3.05, 3.63) is 33.3 Å². The highest BCUT2D eigenvalue weighted by Crippen LogP contribution is 2.38. The molecule has 0 atom stereocenters. The molecule has 0 saturated heterocycles. The van der Waals surface area contributed by atoms with E-state index in [-0.39, 0.29) is 0 Å². The van der Waals surface area contributed by atoms with Gasteiger partial charge in [0.1, 0.15) is 0 Å². The minimum Gasteiger partial charge on any atom is -0.493 e. The van der Waals surface area contributed by atoms with E-state index in [9.17, 15) is 0 Å². The highest BCUT2D eigenvalue weighted by atomic mass is 32.1. The van der Waals surface area contributed by atoms with E-state index >= 15 is 0 Å². The van der Waals surface area contributed by atoms with Crippen molar-refractivity contribution in [3.8, 4) is 17.2 Å². The van der Waals surface area contributed by atoms with Gasteiger partial charge in [0.05, 0.1) is 38.1 Å². The lowest BCUT2D eigenvalue weighted by Crippen LogP contribution is -2.36. The summed E-state index contributed by atoms with van der Waals surface area (Å²) in [6.07, 6.45) is 0. The Balaban J connectivity index is 2.04. The maximum atomic E-state index is 5.64. The molecule has 27 heavy (non-hydrogen) atoms. The van der Waals surface area contributed by atoms with Crippen LogP contribution >= 0.6 is 11.3 Å². The molecule has 0 unspecified atom stereocenters. The fraction of sp³-hybridized carbons (Fsp3) is 0.474. The van der Waals surface area contributed by atoms with E-state index in [1.54, 1.807) is 32.6 Å². The van der Waals surface area contributed by atoms with Gasteiger partial charge in [0.25, 0.3) is 0 Å². The molecule has 0 saturated carbocycles. The summed E-state index contributed by atoms with van der Waals surface area (Å²) in [5, 5.41) is 7.70. The number of methoxy groups -OCH3 is 2. The molecule has 2 rings (SSSR count). The first kappa shape index (κ1) is 20.8. The topological polar surface area (TPSA) is 77.0 Å². The highest BCUT2D eigenvalue weighted by molar-refractivity contribution is 7.11. The van der Waals surface area contributed by atoms with Crippen LogP contribution in [-0.2, 0) is 13.1 Å². The van der Waals surface area contributed by atoms with Crippen molar-refractivity contribution in [1.82, 2.24) is 15.6 Å². The molecule has 1 aromatic heterocycles. The molecule has 0 bridgehead atoms. The zero-order chi connectivity index (χ0) is 19.8. The Morgan fingerprint density at radius 3 is 2.22 bits per heavy atom. The molecule has 0 spiro atoms. The summed E-state index contributed by atoms with van der Waals surface area (Å²) in [5.74, 6) is 2.62. The summed E-state index contributed by atoms with van der Waals surface area (Å²) in [4.78, 5) is 9.93. The third-order valence-corrected chi connectivity index (χ3v) is 4.98. The minimum atomic E-state index is 0.539. The molecule has 8 heteroatoms. The number of ether oxygens (including phenoxy) is 3. The van der Waals surface area contributed by atoms with Crippen LogP contribution in [0.4, 0.5) is 0 Å². The van der Waals surface area contributed by atoms with E-state index in [1.165, 1.54) is 4.88 Å². The number of hydrogen-bond acceptors (Lipinski definition) is 6. The van der Waals surface area contributed by atoms with Crippen LogP contribution in [0.5, 0.6) is 17.2 Å². The minimum absolute atomic E-state index is 0.539. The molecule has 1 heterocycles. The maximum absolute atomic E-state index is 5.64. The standard InChI is InChI=1S/C19H28N4O3S/c1-7-26-18-15(24-5)8-14(9-16(18)25-6)10-21-19(20-4)22-11-17-12(2)23-13(3)27-17/h8-9H,7,10-11H2,1-6H3,(H2,20,21,22). The summed E-state index contributed by atoms with van der Waals surface area (Å²) in [6, 6.07) is 3.87. The SMILES string of the molecule is CCOc1c(OC)cc(CNC(=NC)NCc2sc(C)nc2C)cc1OC. The number of rotatable bonds is 8. The van der Waals surface area contributed by atoms with Gasteiger partial charge in [-0.2, -0.15) is 0 Å². The summed E-state index contributed by atoms with van der Waals surface area (Å²) >= 11 is 1.69. The van der Waals surface area contributed by atoms with Crippen LogP contribution in [0.2, 0.25) is 0 Å². The Kier molecular flexibility index (Phi) is 7.72. The number of aromatic nitrogens is 1. The number of aryl methyl sites for hydroxylation is 2. The Morgan fingerprint density at radius 1 is 1.11 bits per heavy atom. The van der Waals surface area contributed by atoms with Gasteiger partial charge in [0.2, 0.25) is 5.75 Å². The molecule has 148 valence electrons. The van der Waals surface area contributed by atoms with Gasteiger partial charge in [-0.15, -0.1) is 11.3 Å². The number of guanidine groups is 1. The predicted molar refractivity (Wildman–Crippen MR) is 109 cm³/mol. The second-order valence-electron chi connectivity index (χ2n) is 5.78. The first-order valence-corrected chi connectivity index (χ1v) is 9.59. The average molecular weight is 393 g/mol. The molecule has 0 radical (unpaired) electrons. The van der Waals surface area contributed by atoms with Crippen LogP contribution in [0.1, 0.15) is 28.1 Å². The fourth-order valence-electron chi connectivity index (χ4n) is 2.63. The molecule has 0 aliphatic heterocycles. The monoisotopic (exact) mass is 392 g/mol. The molecule has 1 aromatic carbocycles. The molecule has 2 aromatic rings. The van der Waals surface area contributed by atoms with Gasteiger partial charge in [-0.3, -0.25) is 4.99 Å². The van der Waals surface area contributed by atoms with Crippen LogP contribution in [0.3, 0.4) is 0 Å². The van der Waals surface area contributed by atoms with E-state index in [4.69, 9.17) is 14.2 Å². The second kappa shape index (κ2) is 10.0. The number of aliphatic imine (C=N–C) groups is 1. The highest BCUT2D eigenvalue weighted by Gasteiger charge is 2.14. The van der Waals surface area contributed by atoms with Crippen LogP contribution < -0.4 is 24.8 Å². The van der Waals surface area contributed by atoms with Gasteiger partial charge >= 0.3 is 0 Å². The van der Waals surface area contributed by atoms with Crippen molar-refractivity contribution in [2.45, 2.75) is 33.9 Å². The van der Waals surface area contributed by atoms with Crippen LogP contribution in [0, 0.1) is 13.8 Å². The predicted octanol–water partition coefficient (Wildman–Crippen LogP) is 3.04. The van der Waals surface area contributed by atoms with Gasteiger partial charge in [-0.25, -0.2) is 4.98 Å². The summed E-state index contributed by atoms with van der Waals surface area (Å²) in [5.41, 5.74) is 2.06. The molecule has 0 aliphatic carbocycles. The molecule has 2 N–H and O–H groups in total. The van der Waals surface area contributed by atoms with Crippen LogP contribution in [0.15, 0.2) is 17.1 Å². The largest absolute Gasteiger partial charge is 0.493 e. The van der Waals surface area contributed by atoms with Crippen LogP contribution in [-0.4, -0.2) is 38.8 Å². The molecule has 0 aliphatic rings. The molecule has 7 nitrogen and oxygen atoms in total. The van der Waals surface area contributed by atoms with Gasteiger partial charge < -0.3 is 24.8 Å². The first-order valence-electron chi connectivity index (χ1n) is 8.77. The summed E-state index contributed by atoms with van der Waals surface area (Å²) in [6.45, 7) is 7.76. The zero-order valence-corrected chi connectivity index (χ0v) is 17.6. The first-order chi connectivity index (χ1) is 13.0. The Hall–Kier alpha value is -2.48. The molecule has 0 amide bonds.